The van der Waals surface area contributed by atoms with E-state index < -0.39 is 7.82 Å². The van der Waals surface area contributed by atoms with Crippen LogP contribution in [0.1, 0.15) is 5.56 Å². The third kappa shape index (κ3) is 7.94. The zero-order valence-electron chi connectivity index (χ0n) is 8.43. The Morgan fingerprint density at radius 3 is 2.24 bits per heavy atom. The van der Waals surface area contributed by atoms with Crippen LogP contribution < -0.4 is 10.9 Å². The fourth-order valence-electron chi connectivity index (χ4n) is 0.783. The summed E-state index contributed by atoms with van der Waals surface area (Å²) in [4.78, 5) is 21.6. The molecule has 1 rings (SSSR count). The SMILES string of the molecule is N#Cc1cccc(N(N)C#N)c1.O=P(O)(O)O. The average Bonchev–Trinajstić information content (AvgIpc) is 2.26. The topological polar surface area (TPSA) is 155 Å². The summed E-state index contributed by atoms with van der Waals surface area (Å²) in [6.45, 7) is 0. The Bertz CT molecular complexity index is 493. The molecule has 8 nitrogen and oxygen atoms in total. The van der Waals surface area contributed by atoms with Gasteiger partial charge in [-0.25, -0.2) is 15.4 Å². The smallest absolute Gasteiger partial charge is 0.303 e. The van der Waals surface area contributed by atoms with Crippen LogP contribution in [0.4, 0.5) is 5.69 Å². The van der Waals surface area contributed by atoms with Crippen molar-refractivity contribution in [3.8, 4) is 12.3 Å². The Morgan fingerprint density at radius 2 is 1.82 bits per heavy atom. The molecule has 90 valence electrons. The van der Waals surface area contributed by atoms with Crippen molar-refractivity contribution in [3.63, 3.8) is 0 Å². The van der Waals surface area contributed by atoms with Crippen molar-refractivity contribution in [3.05, 3.63) is 29.8 Å². The molecule has 9 heteroatoms. The predicted molar refractivity (Wildman–Crippen MR) is 57.7 cm³/mol. The van der Waals surface area contributed by atoms with Crippen LogP contribution in [-0.2, 0) is 4.57 Å². The quantitative estimate of drug-likeness (QED) is 0.177. The second kappa shape index (κ2) is 6.61. The number of nitrogens with two attached hydrogens (primary N) is 1. The predicted octanol–water partition coefficient (Wildman–Crippen LogP) is -0.209. The molecule has 0 unspecified atom stereocenters. The van der Waals surface area contributed by atoms with Crippen molar-refractivity contribution in [1.29, 1.82) is 10.5 Å². The first kappa shape index (κ1) is 15.1. The van der Waals surface area contributed by atoms with Gasteiger partial charge in [-0.3, -0.25) is 0 Å². The summed E-state index contributed by atoms with van der Waals surface area (Å²) in [5, 5.41) is 17.8. The van der Waals surface area contributed by atoms with E-state index in [4.69, 9.17) is 35.6 Å². The summed E-state index contributed by atoms with van der Waals surface area (Å²) >= 11 is 0. The standard InChI is InChI=1S/C8H6N4.H3O4P/c9-5-7-2-1-3-8(4-7)12(11)6-10;1-5(2,3)4/h1-4H,11H2;(H3,1,2,3,4). The fourth-order valence-corrected chi connectivity index (χ4v) is 0.783. The van der Waals surface area contributed by atoms with Crippen LogP contribution in [0, 0.1) is 22.8 Å². The first-order valence-electron chi connectivity index (χ1n) is 4.01. The molecule has 0 aliphatic rings. The lowest BCUT2D eigenvalue weighted by Crippen LogP contribution is -2.24. The summed E-state index contributed by atoms with van der Waals surface area (Å²) < 4.78 is 8.88. The van der Waals surface area contributed by atoms with Crippen molar-refractivity contribution in [2.75, 3.05) is 5.01 Å². The summed E-state index contributed by atoms with van der Waals surface area (Å²) in [6.07, 6.45) is 1.73. The Balaban J connectivity index is 0.000000437. The minimum absolute atomic E-state index is 0.484. The van der Waals surface area contributed by atoms with Gasteiger partial charge in [0.25, 0.3) is 0 Å². The molecule has 0 radical (unpaired) electrons. The van der Waals surface area contributed by atoms with Crippen molar-refractivity contribution >= 4 is 13.5 Å². The lowest BCUT2D eigenvalue weighted by Gasteiger charge is -2.06. The van der Waals surface area contributed by atoms with E-state index in [0.29, 0.717) is 11.3 Å². The third-order valence-electron chi connectivity index (χ3n) is 1.36. The first-order valence-corrected chi connectivity index (χ1v) is 5.57. The van der Waals surface area contributed by atoms with Crippen LogP contribution in [0.3, 0.4) is 0 Å². The number of nitriles is 2. The molecular formula is C8H9N4O4P. The molecule has 1 aromatic carbocycles. The fraction of sp³-hybridized carbons (Fsp3) is 0. The summed E-state index contributed by atoms with van der Waals surface area (Å²) in [5.41, 5.74) is 0.995. The number of hydrogen-bond donors (Lipinski definition) is 4. The first-order chi connectivity index (χ1) is 7.77. The average molecular weight is 256 g/mol. The van der Waals surface area contributed by atoms with Crippen LogP contribution in [0.15, 0.2) is 24.3 Å². The highest BCUT2D eigenvalue weighted by Crippen LogP contribution is 2.25. The number of hydrazine groups is 1. The molecule has 0 aliphatic carbocycles. The maximum absolute atomic E-state index is 8.88. The van der Waals surface area contributed by atoms with E-state index in [9.17, 15) is 0 Å². The number of anilines is 1. The minimum Gasteiger partial charge on any atom is -0.303 e. The number of rotatable bonds is 1. The lowest BCUT2D eigenvalue weighted by atomic mass is 10.2. The van der Waals surface area contributed by atoms with Gasteiger partial charge in [-0.1, -0.05) is 6.07 Å². The molecule has 0 spiro atoms. The van der Waals surface area contributed by atoms with E-state index in [1.54, 1.807) is 30.5 Å². The second-order valence-electron chi connectivity index (χ2n) is 2.65. The van der Waals surface area contributed by atoms with Gasteiger partial charge in [-0.05, 0) is 18.2 Å². The molecule has 0 saturated heterocycles. The van der Waals surface area contributed by atoms with Gasteiger partial charge in [-0.2, -0.15) is 10.5 Å². The van der Waals surface area contributed by atoms with Gasteiger partial charge in [0.05, 0.1) is 17.3 Å². The zero-order chi connectivity index (χ0) is 13.5. The van der Waals surface area contributed by atoms with Crippen LogP contribution in [0.25, 0.3) is 0 Å². The molecule has 0 aromatic heterocycles. The molecule has 0 aliphatic heterocycles. The molecule has 1 aromatic rings. The lowest BCUT2D eigenvalue weighted by molar-refractivity contribution is 0.275. The van der Waals surface area contributed by atoms with Crippen molar-refractivity contribution in [2.24, 2.45) is 5.84 Å². The highest BCUT2D eigenvalue weighted by atomic mass is 31.2. The molecule has 0 heterocycles. The zero-order valence-corrected chi connectivity index (χ0v) is 9.32. The normalized spacial score (nSPS) is 9.29. The Morgan fingerprint density at radius 1 is 1.29 bits per heavy atom. The molecule has 0 fully saturated rings. The van der Waals surface area contributed by atoms with Gasteiger partial charge in [0.2, 0.25) is 0 Å². The molecule has 5 N–H and O–H groups in total. The van der Waals surface area contributed by atoms with Crippen LogP contribution in [-0.4, -0.2) is 14.7 Å². The Kier molecular flexibility index (Phi) is 5.86. The van der Waals surface area contributed by atoms with E-state index >= 15 is 0 Å². The van der Waals surface area contributed by atoms with E-state index in [1.165, 1.54) is 0 Å². The van der Waals surface area contributed by atoms with Gasteiger partial charge < -0.3 is 14.7 Å². The van der Waals surface area contributed by atoms with E-state index in [2.05, 4.69) is 0 Å². The summed E-state index contributed by atoms with van der Waals surface area (Å²) in [7, 11) is -4.64. The second-order valence-corrected chi connectivity index (χ2v) is 3.67. The number of benzene rings is 1. The number of hydrogen-bond acceptors (Lipinski definition) is 5. The maximum Gasteiger partial charge on any atom is 0.466 e. The molecular weight excluding hydrogens is 247 g/mol. The van der Waals surface area contributed by atoms with Gasteiger partial charge in [0, 0.05) is 0 Å². The third-order valence-corrected chi connectivity index (χ3v) is 1.36. The highest BCUT2D eigenvalue weighted by Gasteiger charge is 2.00. The highest BCUT2D eigenvalue weighted by molar-refractivity contribution is 7.45. The van der Waals surface area contributed by atoms with Crippen molar-refractivity contribution in [2.45, 2.75) is 0 Å². The van der Waals surface area contributed by atoms with Gasteiger partial charge >= 0.3 is 7.82 Å². The minimum atomic E-state index is -4.64. The van der Waals surface area contributed by atoms with Crippen LogP contribution in [0.5, 0.6) is 0 Å². The van der Waals surface area contributed by atoms with E-state index in [0.717, 1.165) is 5.01 Å². The van der Waals surface area contributed by atoms with E-state index in [1.807, 2.05) is 6.07 Å². The largest absolute Gasteiger partial charge is 0.466 e. The molecule has 0 atom stereocenters. The number of nitrogens with zero attached hydrogens (tertiary/aromatic N) is 3. The van der Waals surface area contributed by atoms with Gasteiger partial charge in [0.15, 0.2) is 6.19 Å². The molecule has 0 bridgehead atoms. The van der Waals surface area contributed by atoms with Crippen molar-refractivity contribution in [1.82, 2.24) is 0 Å². The molecule has 0 amide bonds. The van der Waals surface area contributed by atoms with Crippen LogP contribution >= 0.6 is 7.82 Å². The van der Waals surface area contributed by atoms with Gasteiger partial charge in [0.1, 0.15) is 0 Å². The monoisotopic (exact) mass is 256 g/mol. The Labute approximate surface area is 97.0 Å². The van der Waals surface area contributed by atoms with E-state index in [-0.39, 0.29) is 0 Å². The molecule has 17 heavy (non-hydrogen) atoms. The molecule has 0 saturated carbocycles. The number of phosphoric acid groups is 1. The van der Waals surface area contributed by atoms with Crippen molar-refractivity contribution < 1.29 is 19.2 Å². The maximum atomic E-state index is 8.88. The Hall–Kier alpha value is -1.93. The van der Waals surface area contributed by atoms with Gasteiger partial charge in [-0.15, -0.1) is 0 Å². The summed E-state index contributed by atoms with van der Waals surface area (Å²) in [5.74, 6) is 5.28. The van der Waals surface area contributed by atoms with Crippen LogP contribution in [0.2, 0.25) is 0 Å². The summed E-state index contributed by atoms with van der Waals surface area (Å²) in [6, 6.07) is 8.48.